The monoisotopic (exact) mass is 527 g/mol. The largest absolute Gasteiger partial charge is 0.493 e. The van der Waals surface area contributed by atoms with E-state index in [0.29, 0.717) is 36.7 Å². The molecule has 7 nitrogen and oxygen atoms in total. The van der Waals surface area contributed by atoms with Crippen LogP contribution in [-0.4, -0.2) is 43.4 Å². The van der Waals surface area contributed by atoms with Gasteiger partial charge in [0.15, 0.2) is 5.11 Å². The molecule has 0 saturated heterocycles. The number of rotatable bonds is 9. The first kappa shape index (κ1) is 25.3. The predicted molar refractivity (Wildman–Crippen MR) is 130 cm³/mol. The van der Waals surface area contributed by atoms with Crippen molar-refractivity contribution in [3.63, 3.8) is 0 Å². The van der Waals surface area contributed by atoms with E-state index in [0.717, 1.165) is 10.9 Å². The fourth-order valence-electron chi connectivity index (χ4n) is 2.77. The number of thiocarbonyl (C=S) groups is 1. The van der Waals surface area contributed by atoms with Crippen LogP contribution in [0.5, 0.6) is 5.75 Å². The van der Waals surface area contributed by atoms with Gasteiger partial charge in [0, 0.05) is 23.2 Å². The van der Waals surface area contributed by atoms with Gasteiger partial charge in [-0.15, -0.1) is 0 Å². The molecule has 2 aromatic rings. The number of benzene rings is 2. The average molecular weight is 528 g/mol. The zero-order valence-electron chi connectivity index (χ0n) is 17.6. The molecule has 0 aliphatic heterocycles. The Balaban J connectivity index is 2.08. The molecule has 2 rings (SSSR count). The van der Waals surface area contributed by atoms with Gasteiger partial charge in [0.05, 0.1) is 17.1 Å². The van der Waals surface area contributed by atoms with E-state index in [-0.39, 0.29) is 10.0 Å². The molecule has 0 aromatic heterocycles. The lowest BCUT2D eigenvalue weighted by molar-refractivity contribution is 0.0973. The van der Waals surface area contributed by atoms with Gasteiger partial charge < -0.3 is 10.1 Å². The van der Waals surface area contributed by atoms with Crippen molar-refractivity contribution < 1.29 is 17.9 Å². The molecule has 0 spiro atoms. The summed E-state index contributed by atoms with van der Waals surface area (Å²) >= 11 is 8.60. The van der Waals surface area contributed by atoms with E-state index in [9.17, 15) is 13.2 Å². The summed E-state index contributed by atoms with van der Waals surface area (Å²) in [5.41, 5.74) is 0.910. The maximum absolute atomic E-state index is 12.7. The number of amides is 1. The highest BCUT2D eigenvalue weighted by molar-refractivity contribution is 9.10. The summed E-state index contributed by atoms with van der Waals surface area (Å²) in [4.78, 5) is 12.9. The normalized spacial score (nSPS) is 11.3. The van der Waals surface area contributed by atoms with Crippen molar-refractivity contribution in [2.45, 2.75) is 32.1 Å². The predicted octanol–water partition coefficient (Wildman–Crippen LogP) is 4.40. The Labute approximate surface area is 197 Å². The Morgan fingerprint density at radius 1 is 1.10 bits per heavy atom. The number of ether oxygens (including phenoxy) is 1. The number of anilines is 1. The van der Waals surface area contributed by atoms with Gasteiger partial charge in [-0.3, -0.25) is 10.1 Å². The van der Waals surface area contributed by atoms with E-state index in [1.54, 1.807) is 44.2 Å². The van der Waals surface area contributed by atoms with Gasteiger partial charge in [-0.2, -0.15) is 4.31 Å². The summed E-state index contributed by atoms with van der Waals surface area (Å²) in [6.45, 7) is 6.86. The lowest BCUT2D eigenvalue weighted by atomic mass is 10.2. The number of nitrogens with zero attached hydrogens (tertiary/aromatic N) is 1. The molecule has 168 valence electrons. The SMILES string of the molecule is CCCOc1ccc(Br)cc1C(=O)NC(=S)Nc1ccc(S(=O)(=O)N(CC)CC)cc1. The van der Waals surface area contributed by atoms with Crippen LogP contribution in [0, 0.1) is 0 Å². The lowest BCUT2D eigenvalue weighted by Gasteiger charge is -2.18. The van der Waals surface area contributed by atoms with Gasteiger partial charge in [-0.05, 0) is 61.1 Å². The van der Waals surface area contributed by atoms with E-state index >= 15 is 0 Å². The van der Waals surface area contributed by atoms with Crippen LogP contribution in [-0.2, 0) is 10.0 Å². The van der Waals surface area contributed by atoms with E-state index in [1.807, 2.05) is 6.92 Å². The smallest absolute Gasteiger partial charge is 0.261 e. The molecule has 0 unspecified atom stereocenters. The molecule has 0 atom stereocenters. The first-order chi connectivity index (χ1) is 14.7. The minimum atomic E-state index is -3.53. The molecular weight excluding hydrogens is 502 g/mol. The van der Waals surface area contributed by atoms with Crippen molar-refractivity contribution in [1.82, 2.24) is 9.62 Å². The quantitative estimate of drug-likeness (QED) is 0.470. The molecule has 31 heavy (non-hydrogen) atoms. The fraction of sp³-hybridized carbons (Fsp3) is 0.333. The lowest BCUT2D eigenvalue weighted by Crippen LogP contribution is -2.34. The second-order valence-electron chi connectivity index (χ2n) is 6.51. The zero-order chi connectivity index (χ0) is 23.0. The molecule has 0 aliphatic carbocycles. The summed E-state index contributed by atoms with van der Waals surface area (Å²) in [7, 11) is -3.53. The topological polar surface area (TPSA) is 87.7 Å². The van der Waals surface area contributed by atoms with E-state index in [1.165, 1.54) is 16.4 Å². The van der Waals surface area contributed by atoms with E-state index in [4.69, 9.17) is 17.0 Å². The van der Waals surface area contributed by atoms with Crippen LogP contribution in [0.15, 0.2) is 51.8 Å². The third kappa shape index (κ3) is 6.73. The highest BCUT2D eigenvalue weighted by Gasteiger charge is 2.21. The number of carbonyl (C=O) groups excluding carboxylic acids is 1. The Hall–Kier alpha value is -2.01. The van der Waals surface area contributed by atoms with Crippen molar-refractivity contribution in [3.05, 3.63) is 52.5 Å². The summed E-state index contributed by atoms with van der Waals surface area (Å²) in [6.07, 6.45) is 0.817. The Kier molecular flexibility index (Phi) is 9.42. The van der Waals surface area contributed by atoms with E-state index < -0.39 is 15.9 Å². The van der Waals surface area contributed by atoms with Gasteiger partial charge in [-0.25, -0.2) is 8.42 Å². The van der Waals surface area contributed by atoms with Crippen LogP contribution >= 0.6 is 28.1 Å². The van der Waals surface area contributed by atoms with Gasteiger partial charge in [-0.1, -0.05) is 36.7 Å². The molecule has 10 heteroatoms. The number of hydrogen-bond acceptors (Lipinski definition) is 5. The molecule has 2 aromatic carbocycles. The minimum Gasteiger partial charge on any atom is -0.493 e. The van der Waals surface area contributed by atoms with Gasteiger partial charge >= 0.3 is 0 Å². The molecule has 0 radical (unpaired) electrons. The standard InChI is InChI=1S/C21H26BrN3O4S2/c1-4-13-29-19-12-7-15(22)14-18(19)20(26)24-21(30)23-16-8-10-17(11-9-16)31(27,28)25(5-2)6-3/h7-12,14H,4-6,13H2,1-3H3,(H2,23,24,26,30). The van der Waals surface area contributed by atoms with Crippen molar-refractivity contribution >= 4 is 54.9 Å². The fourth-order valence-corrected chi connectivity index (χ4v) is 4.80. The van der Waals surface area contributed by atoms with Gasteiger partial charge in [0.2, 0.25) is 10.0 Å². The van der Waals surface area contributed by atoms with Gasteiger partial charge in [0.1, 0.15) is 5.75 Å². The third-order valence-corrected chi connectivity index (χ3v) is 7.09. The Bertz CT molecular complexity index is 1020. The van der Waals surface area contributed by atoms with Crippen molar-refractivity contribution in [2.24, 2.45) is 0 Å². The summed E-state index contributed by atoms with van der Waals surface area (Å²) < 4.78 is 32.9. The third-order valence-electron chi connectivity index (χ3n) is 4.33. The highest BCUT2D eigenvalue weighted by atomic mass is 79.9. The van der Waals surface area contributed by atoms with Crippen LogP contribution in [0.4, 0.5) is 5.69 Å². The van der Waals surface area contributed by atoms with Crippen molar-refractivity contribution in [3.8, 4) is 5.75 Å². The zero-order valence-corrected chi connectivity index (χ0v) is 20.9. The van der Waals surface area contributed by atoms with Crippen molar-refractivity contribution in [1.29, 1.82) is 0 Å². The minimum absolute atomic E-state index is 0.0887. The van der Waals surface area contributed by atoms with Crippen molar-refractivity contribution in [2.75, 3.05) is 25.0 Å². The van der Waals surface area contributed by atoms with Gasteiger partial charge in [0.25, 0.3) is 5.91 Å². The first-order valence-corrected chi connectivity index (χ1v) is 12.5. The van der Waals surface area contributed by atoms with E-state index in [2.05, 4.69) is 26.6 Å². The van der Waals surface area contributed by atoms with Crippen LogP contribution in [0.3, 0.4) is 0 Å². The number of hydrogen-bond donors (Lipinski definition) is 2. The van der Waals surface area contributed by atoms with Crippen LogP contribution < -0.4 is 15.4 Å². The maximum atomic E-state index is 12.7. The molecule has 0 aliphatic rings. The number of carbonyl (C=O) groups is 1. The highest BCUT2D eigenvalue weighted by Crippen LogP contribution is 2.24. The molecule has 0 heterocycles. The Morgan fingerprint density at radius 3 is 2.32 bits per heavy atom. The molecule has 1 amide bonds. The second kappa shape index (κ2) is 11.6. The number of halogens is 1. The number of sulfonamides is 1. The summed E-state index contributed by atoms with van der Waals surface area (Å²) in [6, 6.07) is 11.4. The average Bonchev–Trinajstić information content (AvgIpc) is 2.73. The van der Waals surface area contributed by atoms with Crippen LogP contribution in [0.2, 0.25) is 0 Å². The molecular formula is C21H26BrN3O4S2. The molecule has 0 bridgehead atoms. The second-order valence-corrected chi connectivity index (χ2v) is 9.77. The molecule has 2 N–H and O–H groups in total. The molecule has 0 saturated carbocycles. The Morgan fingerprint density at radius 2 is 1.74 bits per heavy atom. The summed E-state index contributed by atoms with van der Waals surface area (Å²) in [5, 5.41) is 5.61. The molecule has 0 fully saturated rings. The number of nitrogens with one attached hydrogen (secondary N) is 2. The first-order valence-electron chi connectivity index (χ1n) is 9.87. The van der Waals surface area contributed by atoms with Crippen LogP contribution in [0.1, 0.15) is 37.6 Å². The maximum Gasteiger partial charge on any atom is 0.261 e. The van der Waals surface area contributed by atoms with Crippen LogP contribution in [0.25, 0.3) is 0 Å². The summed E-state index contributed by atoms with van der Waals surface area (Å²) in [5.74, 6) is 0.0574.